The summed E-state index contributed by atoms with van der Waals surface area (Å²) in [6, 6.07) is 0. The minimum absolute atomic E-state index is 0. The van der Waals surface area contributed by atoms with Crippen molar-refractivity contribution < 1.29 is 5.48 Å². The molecular formula is BMgNO. The van der Waals surface area contributed by atoms with E-state index in [1.54, 1.807) is 0 Å². The molecular weight excluding hydrogens is 65.1 g/mol. The van der Waals surface area contributed by atoms with Gasteiger partial charge < -0.3 is 5.48 Å². The molecule has 0 heterocycles. The van der Waals surface area contributed by atoms with Crippen LogP contribution in [0.3, 0.4) is 0 Å². The normalized spacial score (nSPS) is 1.25. The minimum Gasteiger partial charge on any atom is -2.00 e. The molecule has 0 aliphatic carbocycles. The molecule has 0 bridgehead atoms. The van der Waals surface area contributed by atoms with Crippen molar-refractivity contribution in [2.45, 2.75) is 0 Å². The Morgan fingerprint density at radius 3 is 1.25 bits per heavy atom. The van der Waals surface area contributed by atoms with Crippen molar-refractivity contribution in [2.75, 3.05) is 0 Å². The van der Waals surface area contributed by atoms with Gasteiger partial charge in [0.05, 0.1) is 0 Å². The summed E-state index contributed by atoms with van der Waals surface area (Å²) < 4.78 is 0. The number of hydrogen-bond acceptors (Lipinski definition) is 1. The summed E-state index contributed by atoms with van der Waals surface area (Å²) in [6.07, 6.45) is 0. The standard InChI is InChI=1S/BN.Mg.O/c1-2;;/q;+2;-2. The molecule has 0 saturated heterocycles. The van der Waals surface area contributed by atoms with E-state index in [0.29, 0.717) is 0 Å². The molecule has 0 aromatic carbocycles. The van der Waals surface area contributed by atoms with E-state index < -0.39 is 0 Å². The number of nitrogens with zero attached hydrogens (tertiary/aromatic N) is 1. The van der Waals surface area contributed by atoms with Crippen LogP contribution in [0, 0.1) is 5.16 Å². The van der Waals surface area contributed by atoms with Crippen molar-refractivity contribution in [3.8, 4) is 0 Å². The fraction of sp³-hybridized carbons (Fsp3) is 0. The van der Waals surface area contributed by atoms with Crippen LogP contribution in [0.4, 0.5) is 0 Å². The number of rotatable bonds is 0. The first-order valence-corrected chi connectivity index (χ1v) is 0.258. The van der Waals surface area contributed by atoms with E-state index in [4.69, 9.17) is 5.16 Å². The second kappa shape index (κ2) is 87.2. The average Bonchev–Trinajstić information content (AvgIpc) is 1.00. The summed E-state index contributed by atoms with van der Waals surface area (Å²) in [5.41, 5.74) is 0. The van der Waals surface area contributed by atoms with Crippen LogP contribution in [0.5, 0.6) is 0 Å². The summed E-state index contributed by atoms with van der Waals surface area (Å²) in [6.45, 7) is 0. The molecule has 0 saturated carbocycles. The van der Waals surface area contributed by atoms with E-state index in [1.807, 2.05) is 0 Å². The predicted molar refractivity (Wildman–Crippen MR) is 13.9 cm³/mol. The second-order valence-electron chi connectivity index (χ2n) is 0. The van der Waals surface area contributed by atoms with Crippen LogP contribution in [0.1, 0.15) is 0 Å². The van der Waals surface area contributed by atoms with Gasteiger partial charge in [-0.1, -0.05) is 0 Å². The zero-order valence-corrected chi connectivity index (χ0v) is 3.55. The molecule has 0 aromatic rings. The van der Waals surface area contributed by atoms with Gasteiger partial charge in [0.1, 0.15) is 0 Å². The smallest absolute Gasteiger partial charge is 2.00 e. The fourth-order valence-corrected chi connectivity index (χ4v) is 0. The van der Waals surface area contributed by atoms with E-state index in [-0.39, 0.29) is 28.5 Å². The molecule has 0 radical (unpaired) electrons. The molecule has 0 atom stereocenters. The summed E-state index contributed by atoms with van der Waals surface area (Å²) in [5.74, 6) is 0. The maximum atomic E-state index is 6.50. The second-order valence-corrected chi connectivity index (χ2v) is 0. The van der Waals surface area contributed by atoms with Crippen LogP contribution in [0.15, 0.2) is 0 Å². The molecule has 16 valence electrons. The maximum Gasteiger partial charge on any atom is 2.00 e. The Hall–Kier alpha value is 0.501. The van der Waals surface area contributed by atoms with Crippen LogP contribution in [0.2, 0.25) is 0 Å². The first-order chi connectivity index (χ1) is 1.00. The third kappa shape index (κ3) is 22.4. The monoisotopic (exact) mass is 65.0 g/mol. The van der Waals surface area contributed by atoms with Gasteiger partial charge in [0.15, 0.2) is 0 Å². The molecule has 0 fully saturated rings. The van der Waals surface area contributed by atoms with Gasteiger partial charge >= 0.3 is 35.7 Å². The zero-order valence-electron chi connectivity index (χ0n) is 2.14. The van der Waals surface area contributed by atoms with Crippen LogP contribution in [0.25, 0.3) is 0 Å². The van der Waals surface area contributed by atoms with Gasteiger partial charge in [0.25, 0.3) is 0 Å². The van der Waals surface area contributed by atoms with E-state index in [1.165, 1.54) is 0 Å². The summed E-state index contributed by atoms with van der Waals surface area (Å²) >= 11 is 0. The molecule has 0 aromatic heterocycles. The molecule has 0 unspecified atom stereocenters. The van der Waals surface area contributed by atoms with E-state index >= 15 is 0 Å². The van der Waals surface area contributed by atoms with Gasteiger partial charge in [0, 0.05) is 0 Å². The van der Waals surface area contributed by atoms with Crippen LogP contribution in [-0.2, 0) is 5.48 Å². The molecule has 0 N–H and O–H groups in total. The van der Waals surface area contributed by atoms with Gasteiger partial charge in [-0.25, -0.2) is 0 Å². The topological polar surface area (TPSA) is 52.3 Å². The number of hydrogen-bond donors (Lipinski definition) is 0. The van der Waals surface area contributed by atoms with Gasteiger partial charge in [-0.3, -0.25) is 0 Å². The minimum atomic E-state index is 0. The van der Waals surface area contributed by atoms with Gasteiger partial charge in [-0.15, -0.1) is 0 Å². The third-order valence-corrected chi connectivity index (χ3v) is 0. The summed E-state index contributed by atoms with van der Waals surface area (Å²) in [7, 11) is 3.50. The molecule has 0 amide bonds. The first-order valence-electron chi connectivity index (χ1n) is 0.258. The van der Waals surface area contributed by atoms with Crippen molar-refractivity contribution in [2.24, 2.45) is 0 Å². The van der Waals surface area contributed by atoms with Crippen molar-refractivity contribution in [1.29, 1.82) is 5.16 Å². The summed E-state index contributed by atoms with van der Waals surface area (Å²) in [5, 5.41) is 6.50. The summed E-state index contributed by atoms with van der Waals surface area (Å²) in [4.78, 5) is 0. The Bertz CT molecular complexity index is 12.8. The Morgan fingerprint density at radius 1 is 1.25 bits per heavy atom. The zero-order chi connectivity index (χ0) is 2.00. The Balaban J connectivity index is -0.00000000500. The average molecular weight is 65.1 g/mol. The van der Waals surface area contributed by atoms with Crippen LogP contribution >= 0.6 is 0 Å². The SMILES string of the molecule is B#N.[Mg+2].[O-2]. The fourth-order valence-electron chi connectivity index (χ4n) is 0. The Labute approximate surface area is 41.7 Å². The van der Waals surface area contributed by atoms with Crippen molar-refractivity contribution in [3.05, 3.63) is 0 Å². The van der Waals surface area contributed by atoms with E-state index in [0.717, 1.165) is 0 Å². The maximum absolute atomic E-state index is 6.50. The Kier molecular flexibility index (Phi) is 534. The van der Waals surface area contributed by atoms with Gasteiger partial charge in [0.2, 0.25) is 0 Å². The molecule has 0 aliphatic heterocycles. The van der Waals surface area contributed by atoms with Crippen LogP contribution < -0.4 is 0 Å². The van der Waals surface area contributed by atoms with Gasteiger partial charge in [-0.2, -0.15) is 0 Å². The molecule has 2 nitrogen and oxygen atoms in total. The van der Waals surface area contributed by atoms with Crippen molar-refractivity contribution in [1.82, 2.24) is 0 Å². The van der Waals surface area contributed by atoms with Gasteiger partial charge in [-0.05, 0) is 0 Å². The van der Waals surface area contributed by atoms with E-state index in [9.17, 15) is 0 Å². The predicted octanol–water partition coefficient (Wildman–Crippen LogP) is -0.865. The molecule has 0 aliphatic rings. The largest absolute Gasteiger partial charge is 2.00 e. The first kappa shape index (κ1) is 24.5. The van der Waals surface area contributed by atoms with Crippen molar-refractivity contribution in [3.63, 3.8) is 0 Å². The van der Waals surface area contributed by atoms with Crippen LogP contribution in [-0.4, -0.2) is 30.5 Å². The van der Waals surface area contributed by atoms with Crippen molar-refractivity contribution >= 4 is 30.5 Å². The Morgan fingerprint density at radius 2 is 1.25 bits per heavy atom. The third-order valence-electron chi connectivity index (χ3n) is 0. The van der Waals surface area contributed by atoms with E-state index in [2.05, 4.69) is 7.49 Å². The molecule has 4 heteroatoms. The quantitative estimate of drug-likeness (QED) is 0.339. The molecule has 0 spiro atoms. The molecule has 4 heavy (non-hydrogen) atoms. The molecule has 0 rings (SSSR count).